The van der Waals surface area contributed by atoms with Gasteiger partial charge in [0.25, 0.3) is 5.91 Å². The van der Waals surface area contributed by atoms with Crippen molar-refractivity contribution < 1.29 is 18.0 Å². The molecule has 0 atom stereocenters. The fraction of sp³-hybridized carbons (Fsp3) is 0.290. The number of amides is 1. The van der Waals surface area contributed by atoms with Gasteiger partial charge >= 0.3 is 6.18 Å². The van der Waals surface area contributed by atoms with E-state index in [4.69, 9.17) is 0 Å². The summed E-state index contributed by atoms with van der Waals surface area (Å²) in [5.41, 5.74) is 3.86. The molecule has 0 aliphatic heterocycles. The molecule has 2 aromatic carbocycles. The standard InChI is InChI=1S/C31H36F3N3O/c1-7-24(20-35-8-2)12-10-11-13-25-14-15-26(16-23(25)6)30(38)36-28-17-27(31(32,33)34)18-29(19-28)37(9-3)21-22(4)5/h7-9,14-21H,1,3,10-13H2,2,4-6H3,(H,36,38)/b24-20+,35-8?. The summed E-state index contributed by atoms with van der Waals surface area (Å²) in [7, 11) is 0. The molecule has 0 unspecified atom stereocenters. The lowest BCUT2D eigenvalue weighted by Gasteiger charge is -2.20. The SMILES string of the molecule is C=C/C(=C\N=CC)CCCCc1ccc(C(=O)Nc2cc(N(C=C)C=C(C)C)cc(C(F)(F)F)c2)cc1C. The second-order valence-electron chi connectivity index (χ2n) is 9.18. The Morgan fingerprint density at radius 2 is 1.84 bits per heavy atom. The summed E-state index contributed by atoms with van der Waals surface area (Å²) in [6.07, 6.45) is 7.56. The quantitative estimate of drug-likeness (QED) is 0.171. The highest BCUT2D eigenvalue weighted by Gasteiger charge is 2.31. The van der Waals surface area contributed by atoms with Gasteiger partial charge < -0.3 is 10.2 Å². The lowest BCUT2D eigenvalue weighted by Crippen LogP contribution is -2.15. The monoisotopic (exact) mass is 523 g/mol. The van der Waals surface area contributed by atoms with Gasteiger partial charge in [-0.1, -0.05) is 30.9 Å². The summed E-state index contributed by atoms with van der Waals surface area (Å²) in [6.45, 7) is 15.0. The molecule has 0 bridgehead atoms. The molecule has 4 nitrogen and oxygen atoms in total. The van der Waals surface area contributed by atoms with Crippen LogP contribution in [0.15, 0.2) is 90.4 Å². The van der Waals surface area contributed by atoms with Gasteiger partial charge in [-0.3, -0.25) is 9.79 Å². The van der Waals surface area contributed by atoms with Crippen LogP contribution in [0.3, 0.4) is 0 Å². The highest BCUT2D eigenvalue weighted by Crippen LogP contribution is 2.35. The first-order valence-corrected chi connectivity index (χ1v) is 12.5. The van der Waals surface area contributed by atoms with Gasteiger partial charge in [-0.2, -0.15) is 13.2 Å². The Balaban J connectivity index is 2.17. The number of rotatable bonds is 12. The molecule has 0 aliphatic carbocycles. The average molecular weight is 524 g/mol. The molecule has 0 saturated carbocycles. The van der Waals surface area contributed by atoms with Crippen LogP contribution in [-0.4, -0.2) is 12.1 Å². The van der Waals surface area contributed by atoms with E-state index >= 15 is 0 Å². The molecule has 38 heavy (non-hydrogen) atoms. The van der Waals surface area contributed by atoms with Crippen LogP contribution < -0.4 is 10.2 Å². The minimum absolute atomic E-state index is 0.0500. The number of anilines is 2. The Morgan fingerprint density at radius 1 is 1.11 bits per heavy atom. The number of aryl methyl sites for hydroxylation is 2. The maximum Gasteiger partial charge on any atom is 0.416 e. The Bertz CT molecular complexity index is 1240. The number of allylic oxidation sites excluding steroid dienone is 3. The van der Waals surface area contributed by atoms with Crippen LogP contribution in [-0.2, 0) is 12.6 Å². The van der Waals surface area contributed by atoms with E-state index in [1.807, 2.05) is 46.0 Å². The summed E-state index contributed by atoms with van der Waals surface area (Å²) in [4.78, 5) is 18.6. The van der Waals surface area contributed by atoms with Gasteiger partial charge in [-0.15, -0.1) is 0 Å². The number of benzene rings is 2. The molecule has 2 aromatic rings. The third kappa shape index (κ3) is 9.21. The number of hydrogen-bond donors (Lipinski definition) is 1. The Labute approximate surface area is 224 Å². The number of halogens is 3. The molecule has 2 rings (SSSR count). The molecule has 0 heterocycles. The van der Waals surface area contributed by atoms with Crippen molar-refractivity contribution in [1.29, 1.82) is 0 Å². The molecular weight excluding hydrogens is 487 g/mol. The van der Waals surface area contributed by atoms with E-state index in [9.17, 15) is 18.0 Å². The maximum atomic E-state index is 13.6. The molecule has 0 aliphatic rings. The zero-order valence-electron chi connectivity index (χ0n) is 22.5. The fourth-order valence-electron chi connectivity index (χ4n) is 3.86. The van der Waals surface area contributed by atoms with Crippen molar-refractivity contribution in [2.24, 2.45) is 4.99 Å². The zero-order valence-corrected chi connectivity index (χ0v) is 22.5. The lowest BCUT2D eigenvalue weighted by atomic mass is 9.98. The Kier molecular flexibility index (Phi) is 11.3. The minimum atomic E-state index is -4.57. The van der Waals surface area contributed by atoms with E-state index < -0.39 is 17.6 Å². The smallest absolute Gasteiger partial charge is 0.324 e. The van der Waals surface area contributed by atoms with E-state index in [1.54, 1.807) is 24.5 Å². The molecule has 1 amide bonds. The zero-order chi connectivity index (χ0) is 28.3. The van der Waals surface area contributed by atoms with Gasteiger partial charge in [0.15, 0.2) is 0 Å². The summed E-state index contributed by atoms with van der Waals surface area (Å²) in [5.74, 6) is -0.477. The number of alkyl halides is 3. The molecule has 202 valence electrons. The third-order valence-corrected chi connectivity index (χ3v) is 5.81. The molecule has 0 fully saturated rings. The van der Waals surface area contributed by atoms with Crippen LogP contribution in [0.2, 0.25) is 0 Å². The molecule has 1 N–H and O–H groups in total. The fourth-order valence-corrected chi connectivity index (χ4v) is 3.86. The molecular formula is C31H36F3N3O. The van der Waals surface area contributed by atoms with Crippen molar-refractivity contribution in [2.75, 3.05) is 10.2 Å². The highest BCUT2D eigenvalue weighted by atomic mass is 19.4. The van der Waals surface area contributed by atoms with Crippen LogP contribution in [0.4, 0.5) is 24.5 Å². The van der Waals surface area contributed by atoms with Crippen molar-refractivity contribution >= 4 is 23.5 Å². The minimum Gasteiger partial charge on any atom is -0.324 e. The second-order valence-corrected chi connectivity index (χ2v) is 9.18. The third-order valence-electron chi connectivity index (χ3n) is 5.81. The number of unbranched alkanes of at least 4 members (excludes halogenated alkanes) is 1. The average Bonchev–Trinajstić information content (AvgIpc) is 2.86. The van der Waals surface area contributed by atoms with Gasteiger partial charge in [0.1, 0.15) is 0 Å². The van der Waals surface area contributed by atoms with Gasteiger partial charge in [0.2, 0.25) is 0 Å². The number of nitrogens with one attached hydrogen (secondary N) is 1. The summed E-state index contributed by atoms with van der Waals surface area (Å²) in [5, 5.41) is 2.63. The predicted octanol–water partition coefficient (Wildman–Crippen LogP) is 9.01. The number of aliphatic imine (C=N–C) groups is 1. The van der Waals surface area contributed by atoms with E-state index in [0.717, 1.165) is 60.1 Å². The molecule has 0 radical (unpaired) electrons. The van der Waals surface area contributed by atoms with Crippen molar-refractivity contribution in [1.82, 2.24) is 0 Å². The van der Waals surface area contributed by atoms with Gasteiger partial charge in [-0.05, 0) is 100 Å². The Morgan fingerprint density at radius 3 is 2.42 bits per heavy atom. The summed E-state index contributed by atoms with van der Waals surface area (Å²) in [6, 6.07) is 8.83. The first-order chi connectivity index (χ1) is 18.0. The van der Waals surface area contributed by atoms with Crippen molar-refractivity contribution in [3.8, 4) is 0 Å². The van der Waals surface area contributed by atoms with Crippen LogP contribution in [0.5, 0.6) is 0 Å². The maximum absolute atomic E-state index is 13.6. The number of carbonyl (C=O) groups excluding carboxylic acids is 1. The van der Waals surface area contributed by atoms with Crippen molar-refractivity contribution in [3.05, 3.63) is 108 Å². The topological polar surface area (TPSA) is 44.7 Å². The number of hydrogen-bond acceptors (Lipinski definition) is 3. The van der Waals surface area contributed by atoms with E-state index in [-0.39, 0.29) is 11.4 Å². The normalized spacial score (nSPS) is 11.8. The second kappa shape index (κ2) is 14.2. The van der Waals surface area contributed by atoms with E-state index in [2.05, 4.69) is 23.5 Å². The molecule has 0 saturated heterocycles. The molecule has 0 spiro atoms. The first kappa shape index (κ1) is 30.4. The van der Waals surface area contributed by atoms with Gasteiger partial charge in [-0.25, -0.2) is 0 Å². The van der Waals surface area contributed by atoms with Gasteiger partial charge in [0, 0.05) is 41.8 Å². The predicted molar refractivity (Wildman–Crippen MR) is 153 cm³/mol. The highest BCUT2D eigenvalue weighted by molar-refractivity contribution is 6.04. The van der Waals surface area contributed by atoms with Crippen LogP contribution in [0, 0.1) is 6.92 Å². The van der Waals surface area contributed by atoms with E-state index in [0.29, 0.717) is 5.56 Å². The summed E-state index contributed by atoms with van der Waals surface area (Å²) < 4.78 is 40.8. The van der Waals surface area contributed by atoms with E-state index in [1.165, 1.54) is 17.2 Å². The Hall–Kier alpha value is -3.87. The van der Waals surface area contributed by atoms with Crippen LogP contribution in [0.1, 0.15) is 67.1 Å². The van der Waals surface area contributed by atoms with Gasteiger partial charge in [0.05, 0.1) is 5.56 Å². The first-order valence-electron chi connectivity index (χ1n) is 12.5. The molecule has 0 aromatic heterocycles. The van der Waals surface area contributed by atoms with Crippen LogP contribution in [0.25, 0.3) is 0 Å². The lowest BCUT2D eigenvalue weighted by molar-refractivity contribution is -0.137. The number of nitrogens with zero attached hydrogens (tertiary/aromatic N) is 2. The molecule has 7 heteroatoms. The largest absolute Gasteiger partial charge is 0.416 e. The van der Waals surface area contributed by atoms with Crippen molar-refractivity contribution in [2.45, 2.75) is 59.6 Å². The summed E-state index contributed by atoms with van der Waals surface area (Å²) >= 11 is 0. The number of carbonyl (C=O) groups is 1. The van der Waals surface area contributed by atoms with Crippen LogP contribution >= 0.6 is 0 Å². The van der Waals surface area contributed by atoms with Crippen molar-refractivity contribution in [3.63, 3.8) is 0 Å².